The Hall–Kier alpha value is -6.92. The first-order chi connectivity index (χ1) is 35.1. The smallest absolute Gasteiger partial charge is 0.407 e. The highest BCUT2D eigenvalue weighted by Crippen LogP contribution is 2.49. The number of carbonyl (C=O) groups is 4. The number of nitrogens with one attached hydrogen (secondary N) is 3. The molecular formula is C56H63FN8O7S2. The first kappa shape index (κ1) is 52.0. The van der Waals surface area contributed by atoms with E-state index in [2.05, 4.69) is 58.3 Å². The number of fused-ring (bicyclic) bond motifs is 5. The van der Waals surface area contributed by atoms with Crippen molar-refractivity contribution in [1.82, 2.24) is 40.0 Å². The summed E-state index contributed by atoms with van der Waals surface area (Å²) in [7, 11) is 2.57. The number of nitrogens with zero attached hydrogens (tertiary/aromatic N) is 5. The number of benzene rings is 3. The second-order valence-corrected chi connectivity index (χ2v) is 21.3. The number of aromatic nitrogens is 4. The van der Waals surface area contributed by atoms with Gasteiger partial charge < -0.3 is 39.6 Å². The molecule has 388 valence electrons. The maximum Gasteiger partial charge on any atom is 0.407 e. The molecule has 10 rings (SSSR count). The third-order valence-corrected chi connectivity index (χ3v) is 15.8. The van der Waals surface area contributed by atoms with Gasteiger partial charge in [-0.1, -0.05) is 69.7 Å². The van der Waals surface area contributed by atoms with Gasteiger partial charge in [-0.15, -0.1) is 11.3 Å². The van der Waals surface area contributed by atoms with Gasteiger partial charge in [0.05, 0.1) is 59.8 Å². The third kappa shape index (κ3) is 9.69. The Morgan fingerprint density at radius 2 is 1.49 bits per heavy atom. The number of ether oxygens (including phenoxy) is 3. The van der Waals surface area contributed by atoms with Gasteiger partial charge in [0.1, 0.15) is 34.5 Å². The summed E-state index contributed by atoms with van der Waals surface area (Å²) < 4.78 is 35.8. The normalized spacial score (nSPS) is 18.8. The van der Waals surface area contributed by atoms with Crippen LogP contribution in [-0.4, -0.2) is 98.8 Å². The molecule has 1 aliphatic carbocycles. The molecule has 3 N–H and O–H groups in total. The van der Waals surface area contributed by atoms with E-state index >= 15 is 4.39 Å². The van der Waals surface area contributed by atoms with Crippen molar-refractivity contribution in [2.45, 2.75) is 104 Å². The molecule has 0 bridgehead atoms. The molecule has 18 heteroatoms. The average Bonchev–Trinajstić information content (AvgIpc) is 4.23. The van der Waals surface area contributed by atoms with Crippen LogP contribution in [0, 0.1) is 31.5 Å². The van der Waals surface area contributed by atoms with Gasteiger partial charge in [-0.05, 0) is 110 Å². The molecule has 3 aromatic carbocycles. The number of amides is 4. The summed E-state index contributed by atoms with van der Waals surface area (Å²) in [5, 5.41) is 7.17. The van der Waals surface area contributed by atoms with Crippen LogP contribution < -0.4 is 15.4 Å². The molecule has 6 aromatic rings. The zero-order valence-corrected chi connectivity index (χ0v) is 44.7. The summed E-state index contributed by atoms with van der Waals surface area (Å²) >= 11 is 1.54. The number of halogens is 1. The van der Waals surface area contributed by atoms with Crippen molar-refractivity contribution in [1.29, 1.82) is 0 Å². The lowest BCUT2D eigenvalue weighted by Gasteiger charge is -2.32. The van der Waals surface area contributed by atoms with E-state index in [0.717, 1.165) is 80.0 Å². The molecule has 0 saturated carbocycles. The van der Waals surface area contributed by atoms with Crippen molar-refractivity contribution in [3.05, 3.63) is 118 Å². The minimum Gasteiger partial charge on any atom is -0.464 e. The molecular weight excluding hydrogens is 980 g/mol. The number of alkyl carbamates (subject to hydrolysis) is 2. The van der Waals surface area contributed by atoms with Gasteiger partial charge in [0.25, 0.3) is 0 Å². The number of methoxy groups -OCH3 is 2. The zero-order valence-electron chi connectivity index (χ0n) is 42.9. The summed E-state index contributed by atoms with van der Waals surface area (Å²) in [5.74, 6) is 0.0107. The Morgan fingerprint density at radius 3 is 2.15 bits per heavy atom. The number of allylic oxidation sites excluding steroid dienone is 3. The predicted molar refractivity (Wildman–Crippen MR) is 289 cm³/mol. The highest BCUT2D eigenvalue weighted by molar-refractivity contribution is 7.59. The van der Waals surface area contributed by atoms with Crippen molar-refractivity contribution >= 4 is 65.3 Å². The van der Waals surface area contributed by atoms with Crippen LogP contribution in [0.5, 0.6) is 5.75 Å². The largest absolute Gasteiger partial charge is 0.464 e. The molecule has 4 aliphatic rings. The van der Waals surface area contributed by atoms with E-state index in [9.17, 15) is 19.2 Å². The van der Waals surface area contributed by atoms with Crippen LogP contribution in [0.25, 0.3) is 49.6 Å². The molecule has 2 saturated heterocycles. The minimum atomic E-state index is -0.748. The fourth-order valence-electron chi connectivity index (χ4n) is 11.0. The first-order valence-electron chi connectivity index (χ1n) is 25.1. The topological polar surface area (TPSA) is 173 Å². The van der Waals surface area contributed by atoms with Crippen LogP contribution in [0.3, 0.4) is 0 Å². The van der Waals surface area contributed by atoms with Crippen LogP contribution in [-0.2, 0) is 19.1 Å². The van der Waals surface area contributed by atoms with Gasteiger partial charge in [0.15, 0.2) is 0 Å². The van der Waals surface area contributed by atoms with Crippen molar-refractivity contribution in [2.24, 2.45) is 11.8 Å². The number of hydrogen-bond acceptors (Lipinski definition) is 10. The van der Waals surface area contributed by atoms with Crippen LogP contribution in [0.1, 0.15) is 99.5 Å². The number of H-pyrrole nitrogens is 1. The molecule has 15 nitrogen and oxygen atoms in total. The Morgan fingerprint density at radius 1 is 0.811 bits per heavy atom. The minimum absolute atomic E-state index is 0. The van der Waals surface area contributed by atoms with Gasteiger partial charge >= 0.3 is 12.2 Å². The number of rotatable bonds is 12. The number of carbonyl (C=O) groups excluding carboxylic acids is 4. The third-order valence-electron chi connectivity index (χ3n) is 14.8. The zero-order chi connectivity index (χ0) is 51.4. The van der Waals surface area contributed by atoms with Crippen LogP contribution >= 0.6 is 24.8 Å². The van der Waals surface area contributed by atoms with E-state index < -0.39 is 36.3 Å². The second-order valence-electron chi connectivity index (χ2n) is 20.2. The SMILES string of the molecule is COC(=O)N[C@H](C(=O)N1CCC[C@H]1C1=CC=C(c2cc(F)c3c(c2)OC(c2cnc(-c4ccc(C)cc4C)s2)n2c-3cc3cc(-c4cnc([C@@H]5CCCN5C(=O)[C@@H](NC(=O)OC)C(C)C)[nH]4)ccc32)C1)C(C)C.S. The van der Waals surface area contributed by atoms with Crippen molar-refractivity contribution < 1.29 is 37.8 Å². The van der Waals surface area contributed by atoms with E-state index in [-0.39, 0.29) is 49.2 Å². The maximum atomic E-state index is 17.1. The average molecular weight is 1040 g/mol. The predicted octanol–water partition coefficient (Wildman–Crippen LogP) is 10.8. The molecule has 3 aromatic heterocycles. The molecule has 4 amide bonds. The monoisotopic (exact) mass is 1040 g/mol. The van der Waals surface area contributed by atoms with E-state index in [1.54, 1.807) is 28.5 Å². The highest BCUT2D eigenvalue weighted by Gasteiger charge is 2.40. The summed E-state index contributed by atoms with van der Waals surface area (Å²) in [6, 6.07) is 16.0. The first-order valence-corrected chi connectivity index (χ1v) is 25.9. The van der Waals surface area contributed by atoms with E-state index in [1.807, 2.05) is 75.2 Å². The Balaban J connectivity index is 0.00000672. The summed E-state index contributed by atoms with van der Waals surface area (Å²) in [5.41, 5.74) is 9.46. The lowest BCUT2D eigenvalue weighted by atomic mass is 9.95. The molecule has 1 unspecified atom stereocenters. The summed E-state index contributed by atoms with van der Waals surface area (Å²) in [6.45, 7) is 12.8. The van der Waals surface area contributed by atoms with Crippen molar-refractivity contribution in [3.63, 3.8) is 0 Å². The molecule has 6 heterocycles. The van der Waals surface area contributed by atoms with Crippen LogP contribution in [0.4, 0.5) is 14.0 Å². The molecule has 3 aliphatic heterocycles. The summed E-state index contributed by atoms with van der Waals surface area (Å²) in [6.07, 6.45) is 9.36. The van der Waals surface area contributed by atoms with Gasteiger partial charge in [-0.2, -0.15) is 13.5 Å². The lowest BCUT2D eigenvalue weighted by Crippen LogP contribution is -2.52. The Kier molecular flexibility index (Phi) is 14.8. The quantitative estimate of drug-likeness (QED) is 0.108. The van der Waals surface area contributed by atoms with Gasteiger partial charge in [0.2, 0.25) is 18.0 Å². The second kappa shape index (κ2) is 21.1. The molecule has 74 heavy (non-hydrogen) atoms. The summed E-state index contributed by atoms with van der Waals surface area (Å²) in [4.78, 5) is 69.9. The molecule has 0 radical (unpaired) electrons. The van der Waals surface area contributed by atoms with E-state index in [4.69, 9.17) is 24.2 Å². The number of thiazole rings is 1. The van der Waals surface area contributed by atoms with Crippen molar-refractivity contribution in [2.75, 3.05) is 27.3 Å². The molecule has 2 fully saturated rings. The molecule has 5 atom stereocenters. The highest BCUT2D eigenvalue weighted by atomic mass is 32.1. The number of hydrogen-bond donors (Lipinski definition) is 3. The fourth-order valence-corrected chi connectivity index (χ4v) is 12.0. The Labute approximate surface area is 441 Å². The fraction of sp³-hybridized carbons (Fsp3) is 0.393. The number of aryl methyl sites for hydroxylation is 2. The number of likely N-dealkylation sites (tertiary alicyclic amines) is 2. The van der Waals surface area contributed by atoms with Crippen LogP contribution in [0.15, 0.2) is 84.7 Å². The molecule has 0 spiro atoms. The van der Waals surface area contributed by atoms with E-state index in [0.29, 0.717) is 47.9 Å². The van der Waals surface area contributed by atoms with Crippen molar-refractivity contribution in [3.8, 4) is 38.8 Å². The lowest BCUT2D eigenvalue weighted by molar-refractivity contribution is -0.136. The van der Waals surface area contributed by atoms with E-state index in [1.165, 1.54) is 19.8 Å². The van der Waals surface area contributed by atoms with Gasteiger partial charge in [0, 0.05) is 35.8 Å². The van der Waals surface area contributed by atoms with Crippen LogP contribution in [0.2, 0.25) is 0 Å². The standard InChI is InChI=1S/C56H61FN8O7S.H2S/c1-29(2)48(61-55(68)70-7)52(66)63-19-9-11-41(63)35-15-14-33(22-35)36-24-39(57)47-44-25-37-23-34(40-27-58-50(60-40)43-12-10-20-64(43)53(67)49(30(3)4)62-56(69)71-8)16-18-42(37)65(44)54(72-45(47)26-36)46-28-59-51(73-46)38-17-13-31(5)21-32(38)6;/h13-18,21,23-30,41,43,48-49,54H,9-12,19-20,22H2,1-8H3,(H,58,60)(H,61,68)(H,62,69);1H2/t41-,43-,48-,49-,54?;/m0./s1. The Bertz CT molecular complexity index is 3230. The van der Waals surface area contributed by atoms with Gasteiger partial charge in [-0.25, -0.2) is 23.9 Å². The van der Waals surface area contributed by atoms with Gasteiger partial charge in [-0.3, -0.25) is 14.2 Å². The number of imidazole rings is 1. The number of aromatic amines is 1. The maximum absolute atomic E-state index is 17.1.